The van der Waals surface area contributed by atoms with Crippen LogP contribution in [0.5, 0.6) is 0 Å². The van der Waals surface area contributed by atoms with Crippen LogP contribution in [0.15, 0.2) is 0 Å². The summed E-state index contributed by atoms with van der Waals surface area (Å²) >= 11 is 0. The number of amides is 2. The molecule has 0 heterocycles. The van der Waals surface area contributed by atoms with Crippen molar-refractivity contribution in [2.45, 2.75) is 33.2 Å². The summed E-state index contributed by atoms with van der Waals surface area (Å²) in [6, 6.07) is -0.591. The lowest BCUT2D eigenvalue weighted by molar-refractivity contribution is -0.141. The standard InChI is InChI=1S/C10H20N2O3/c1-5-6-12(4)10(15)11-8(3)7(2)9(13)14/h7-8H,5-6H2,1-4H3,(H,11,15)(H,13,14). The molecule has 0 fully saturated rings. The molecule has 0 aliphatic carbocycles. The Morgan fingerprint density at radius 1 is 1.40 bits per heavy atom. The van der Waals surface area contributed by atoms with E-state index < -0.39 is 11.9 Å². The molecule has 0 aliphatic rings. The fourth-order valence-electron chi connectivity index (χ4n) is 1.08. The summed E-state index contributed by atoms with van der Waals surface area (Å²) in [5.41, 5.74) is 0. The minimum Gasteiger partial charge on any atom is -0.481 e. The van der Waals surface area contributed by atoms with Crippen LogP contribution >= 0.6 is 0 Å². The van der Waals surface area contributed by atoms with Crippen molar-refractivity contribution in [3.63, 3.8) is 0 Å². The first-order chi connectivity index (χ1) is 6.90. The van der Waals surface area contributed by atoms with Crippen LogP contribution in [0.1, 0.15) is 27.2 Å². The Labute approximate surface area is 90.5 Å². The van der Waals surface area contributed by atoms with Gasteiger partial charge in [-0.15, -0.1) is 0 Å². The van der Waals surface area contributed by atoms with E-state index in [9.17, 15) is 9.59 Å². The van der Waals surface area contributed by atoms with Gasteiger partial charge in [-0.3, -0.25) is 4.79 Å². The fourth-order valence-corrected chi connectivity index (χ4v) is 1.08. The van der Waals surface area contributed by atoms with Gasteiger partial charge in [0.15, 0.2) is 0 Å². The summed E-state index contributed by atoms with van der Waals surface area (Å²) in [5.74, 6) is -1.48. The van der Waals surface area contributed by atoms with Gasteiger partial charge in [-0.2, -0.15) is 0 Å². The first kappa shape index (κ1) is 13.7. The highest BCUT2D eigenvalue weighted by atomic mass is 16.4. The monoisotopic (exact) mass is 216 g/mol. The Hall–Kier alpha value is -1.26. The SMILES string of the molecule is CCCN(C)C(=O)NC(C)C(C)C(=O)O. The zero-order valence-electron chi connectivity index (χ0n) is 9.78. The smallest absolute Gasteiger partial charge is 0.317 e. The molecule has 0 bridgehead atoms. The fraction of sp³-hybridized carbons (Fsp3) is 0.800. The van der Waals surface area contributed by atoms with E-state index in [2.05, 4.69) is 5.32 Å². The number of carbonyl (C=O) groups excluding carboxylic acids is 1. The summed E-state index contributed by atoms with van der Waals surface area (Å²) in [7, 11) is 1.69. The first-order valence-electron chi connectivity index (χ1n) is 5.14. The normalized spacial score (nSPS) is 14.1. The zero-order chi connectivity index (χ0) is 12.0. The van der Waals surface area contributed by atoms with Gasteiger partial charge in [-0.05, 0) is 20.3 Å². The van der Waals surface area contributed by atoms with Crippen LogP contribution in [0.4, 0.5) is 4.79 Å². The summed E-state index contributed by atoms with van der Waals surface area (Å²) < 4.78 is 0. The number of rotatable bonds is 5. The van der Waals surface area contributed by atoms with Crippen molar-refractivity contribution in [2.75, 3.05) is 13.6 Å². The molecule has 2 N–H and O–H groups in total. The van der Waals surface area contributed by atoms with Gasteiger partial charge in [-0.25, -0.2) is 4.79 Å². The van der Waals surface area contributed by atoms with E-state index in [0.717, 1.165) is 6.42 Å². The summed E-state index contributed by atoms with van der Waals surface area (Å²) in [5, 5.41) is 11.4. The highest BCUT2D eigenvalue weighted by Crippen LogP contribution is 2.02. The molecule has 5 nitrogen and oxygen atoms in total. The third kappa shape index (κ3) is 4.67. The number of urea groups is 1. The van der Waals surface area contributed by atoms with Gasteiger partial charge in [0, 0.05) is 19.6 Å². The minimum absolute atomic E-state index is 0.225. The van der Waals surface area contributed by atoms with Crippen LogP contribution in [0.25, 0.3) is 0 Å². The van der Waals surface area contributed by atoms with E-state index in [1.54, 1.807) is 25.8 Å². The highest BCUT2D eigenvalue weighted by molar-refractivity contribution is 5.76. The van der Waals surface area contributed by atoms with Crippen LogP contribution in [-0.4, -0.2) is 41.6 Å². The molecule has 0 saturated carbocycles. The lowest BCUT2D eigenvalue weighted by Crippen LogP contribution is -2.46. The minimum atomic E-state index is -0.902. The molecule has 0 aromatic carbocycles. The first-order valence-corrected chi connectivity index (χ1v) is 5.14. The number of carboxylic acids is 1. The van der Waals surface area contributed by atoms with E-state index in [1.807, 2.05) is 6.92 Å². The van der Waals surface area contributed by atoms with Crippen molar-refractivity contribution < 1.29 is 14.7 Å². The van der Waals surface area contributed by atoms with Gasteiger partial charge >= 0.3 is 12.0 Å². The molecule has 0 rings (SSSR count). The molecular weight excluding hydrogens is 196 g/mol. The number of carboxylic acid groups (broad SMARTS) is 1. The van der Waals surface area contributed by atoms with E-state index in [-0.39, 0.29) is 12.1 Å². The average molecular weight is 216 g/mol. The van der Waals surface area contributed by atoms with Crippen molar-refractivity contribution in [1.29, 1.82) is 0 Å². The van der Waals surface area contributed by atoms with Gasteiger partial charge in [-0.1, -0.05) is 6.92 Å². The molecule has 0 aromatic rings. The van der Waals surface area contributed by atoms with Gasteiger partial charge in [0.2, 0.25) is 0 Å². The molecule has 0 saturated heterocycles. The van der Waals surface area contributed by atoms with Crippen LogP contribution in [0.2, 0.25) is 0 Å². The Balaban J connectivity index is 4.11. The van der Waals surface area contributed by atoms with Crippen molar-refractivity contribution in [2.24, 2.45) is 5.92 Å². The lowest BCUT2D eigenvalue weighted by Gasteiger charge is -2.22. The van der Waals surface area contributed by atoms with Crippen molar-refractivity contribution >= 4 is 12.0 Å². The van der Waals surface area contributed by atoms with Crippen molar-refractivity contribution in [1.82, 2.24) is 10.2 Å². The number of nitrogens with one attached hydrogen (secondary N) is 1. The molecule has 88 valence electrons. The van der Waals surface area contributed by atoms with Gasteiger partial charge in [0.1, 0.15) is 0 Å². The largest absolute Gasteiger partial charge is 0.481 e. The van der Waals surface area contributed by atoms with Crippen LogP contribution in [0, 0.1) is 5.92 Å². The Bertz CT molecular complexity index is 231. The second-order valence-electron chi connectivity index (χ2n) is 3.79. The molecule has 5 heteroatoms. The lowest BCUT2D eigenvalue weighted by atomic mass is 10.0. The second-order valence-corrected chi connectivity index (χ2v) is 3.79. The molecule has 2 amide bonds. The molecule has 0 aliphatic heterocycles. The Morgan fingerprint density at radius 3 is 2.33 bits per heavy atom. The maximum Gasteiger partial charge on any atom is 0.317 e. The second kappa shape index (κ2) is 6.27. The van der Waals surface area contributed by atoms with E-state index in [1.165, 1.54) is 0 Å². The summed E-state index contributed by atoms with van der Waals surface area (Å²) in [6.45, 7) is 5.91. The number of hydrogen-bond donors (Lipinski definition) is 2. The maximum absolute atomic E-state index is 11.5. The molecule has 0 aromatic heterocycles. The number of hydrogen-bond acceptors (Lipinski definition) is 2. The topological polar surface area (TPSA) is 69.6 Å². The van der Waals surface area contributed by atoms with Gasteiger partial charge in [0.25, 0.3) is 0 Å². The van der Waals surface area contributed by atoms with E-state index in [4.69, 9.17) is 5.11 Å². The number of carbonyl (C=O) groups is 2. The van der Waals surface area contributed by atoms with E-state index in [0.29, 0.717) is 6.54 Å². The maximum atomic E-state index is 11.5. The van der Waals surface area contributed by atoms with Gasteiger partial charge < -0.3 is 15.3 Å². The molecule has 0 radical (unpaired) electrons. The van der Waals surface area contributed by atoms with E-state index >= 15 is 0 Å². The Morgan fingerprint density at radius 2 is 1.93 bits per heavy atom. The average Bonchev–Trinajstić information content (AvgIpc) is 2.16. The highest BCUT2D eigenvalue weighted by Gasteiger charge is 2.21. The molecular formula is C10H20N2O3. The summed E-state index contributed by atoms with van der Waals surface area (Å²) in [4.78, 5) is 23.7. The number of nitrogens with zero attached hydrogens (tertiary/aromatic N) is 1. The Kier molecular flexibility index (Phi) is 5.74. The molecule has 2 unspecified atom stereocenters. The van der Waals surface area contributed by atoms with Crippen molar-refractivity contribution in [3.05, 3.63) is 0 Å². The third-order valence-corrected chi connectivity index (χ3v) is 2.40. The van der Waals surface area contributed by atoms with Crippen LogP contribution in [-0.2, 0) is 4.79 Å². The van der Waals surface area contributed by atoms with Crippen LogP contribution < -0.4 is 5.32 Å². The number of aliphatic carboxylic acids is 1. The zero-order valence-corrected chi connectivity index (χ0v) is 9.78. The predicted octanol–water partition coefficient (Wildman–Crippen LogP) is 1.15. The summed E-state index contributed by atoms with van der Waals surface area (Å²) in [6.07, 6.45) is 0.882. The van der Waals surface area contributed by atoms with Crippen molar-refractivity contribution in [3.8, 4) is 0 Å². The molecule has 0 spiro atoms. The van der Waals surface area contributed by atoms with Gasteiger partial charge in [0.05, 0.1) is 5.92 Å². The predicted molar refractivity (Wildman–Crippen MR) is 57.7 cm³/mol. The molecule has 15 heavy (non-hydrogen) atoms. The quantitative estimate of drug-likeness (QED) is 0.724. The molecule has 2 atom stereocenters. The van der Waals surface area contributed by atoms with Crippen LogP contribution in [0.3, 0.4) is 0 Å². The third-order valence-electron chi connectivity index (χ3n) is 2.40.